The number of rotatable bonds is 9. The number of aromatic nitrogens is 1. The van der Waals surface area contributed by atoms with Gasteiger partial charge in [0.05, 0.1) is 12.7 Å². The SMILES string of the molecule is COC(=O)c1csc(NC(=O)[C@H](Cc2ccccc2C(F)(F)F)[N+]2(C3=C(Cc4ccccc4)OCO3)C(=O)CNC2=O)n1. The summed E-state index contributed by atoms with van der Waals surface area (Å²) in [5.41, 5.74) is -0.769. The van der Waals surface area contributed by atoms with Crippen molar-refractivity contribution in [2.75, 3.05) is 25.8 Å². The molecule has 1 saturated heterocycles. The van der Waals surface area contributed by atoms with Crippen LogP contribution in [0.3, 0.4) is 0 Å². The van der Waals surface area contributed by atoms with Crippen molar-refractivity contribution in [3.63, 3.8) is 0 Å². The summed E-state index contributed by atoms with van der Waals surface area (Å²) >= 11 is 0.846. The van der Waals surface area contributed by atoms with Crippen molar-refractivity contribution in [2.45, 2.75) is 25.1 Å². The van der Waals surface area contributed by atoms with Crippen molar-refractivity contribution in [1.82, 2.24) is 10.3 Å². The number of nitrogens with zero attached hydrogens (tertiary/aromatic N) is 2. The molecule has 3 heterocycles. The van der Waals surface area contributed by atoms with Gasteiger partial charge in [-0.3, -0.25) is 15.4 Å². The molecule has 0 aliphatic carbocycles. The Morgan fingerprint density at radius 3 is 2.51 bits per heavy atom. The highest BCUT2D eigenvalue weighted by Gasteiger charge is 2.65. The summed E-state index contributed by atoms with van der Waals surface area (Å²) in [5, 5.41) is 6.08. The zero-order chi connectivity index (χ0) is 30.8. The minimum Gasteiger partial charge on any atom is -0.464 e. The zero-order valence-electron chi connectivity index (χ0n) is 22.5. The Bertz CT molecular complexity index is 1590. The number of nitrogens with one attached hydrogen (secondary N) is 2. The molecule has 5 rings (SSSR count). The van der Waals surface area contributed by atoms with Gasteiger partial charge < -0.3 is 14.2 Å². The van der Waals surface area contributed by atoms with E-state index in [-0.39, 0.29) is 41.2 Å². The van der Waals surface area contributed by atoms with Crippen LogP contribution in [0.5, 0.6) is 0 Å². The molecule has 1 aromatic heterocycles. The number of hydrogen-bond donors (Lipinski definition) is 2. The van der Waals surface area contributed by atoms with Crippen molar-refractivity contribution in [2.24, 2.45) is 0 Å². The second-order valence-corrected chi connectivity index (χ2v) is 10.3. The monoisotopic (exact) mass is 617 g/mol. The molecule has 0 radical (unpaired) electrons. The van der Waals surface area contributed by atoms with Crippen LogP contribution in [0.25, 0.3) is 0 Å². The molecular weight excluding hydrogens is 593 g/mol. The largest absolute Gasteiger partial charge is 0.464 e. The normalized spacial score (nSPS) is 19.0. The smallest absolute Gasteiger partial charge is 0.433 e. The first-order chi connectivity index (χ1) is 20.5. The molecule has 0 saturated carbocycles. The van der Waals surface area contributed by atoms with Crippen LogP contribution in [0, 0.1) is 0 Å². The molecule has 0 spiro atoms. The molecule has 3 aromatic rings. The van der Waals surface area contributed by atoms with Gasteiger partial charge in [0.1, 0.15) is 6.54 Å². The minimum absolute atomic E-state index is 0.0686. The Morgan fingerprint density at radius 1 is 1.12 bits per heavy atom. The van der Waals surface area contributed by atoms with Crippen LogP contribution in [0.1, 0.15) is 27.2 Å². The molecule has 1 unspecified atom stereocenters. The van der Waals surface area contributed by atoms with Gasteiger partial charge in [0.15, 0.2) is 16.9 Å². The number of halogens is 3. The van der Waals surface area contributed by atoms with Crippen LogP contribution in [0.15, 0.2) is 71.6 Å². The number of imide groups is 1. The van der Waals surface area contributed by atoms with Crippen LogP contribution >= 0.6 is 11.3 Å². The Balaban J connectivity index is 1.65. The van der Waals surface area contributed by atoms with E-state index in [4.69, 9.17) is 9.47 Å². The van der Waals surface area contributed by atoms with Crippen LogP contribution in [-0.2, 0) is 42.8 Å². The second-order valence-electron chi connectivity index (χ2n) is 9.47. The molecule has 2 N–H and O–H groups in total. The fraction of sp³-hybridized carbons (Fsp3) is 0.250. The quantitative estimate of drug-likeness (QED) is 0.209. The van der Waals surface area contributed by atoms with Crippen molar-refractivity contribution in [1.29, 1.82) is 0 Å². The van der Waals surface area contributed by atoms with Crippen LogP contribution in [0.4, 0.5) is 23.1 Å². The lowest BCUT2D eigenvalue weighted by atomic mass is 9.96. The number of carbonyl (C=O) groups is 4. The highest BCUT2D eigenvalue weighted by atomic mass is 32.1. The topological polar surface area (TPSA) is 133 Å². The van der Waals surface area contributed by atoms with Crippen molar-refractivity contribution >= 4 is 40.3 Å². The van der Waals surface area contributed by atoms with E-state index in [0.717, 1.165) is 30.1 Å². The third-order valence-electron chi connectivity index (χ3n) is 6.93. The molecule has 2 aromatic carbocycles. The minimum atomic E-state index is -4.80. The average Bonchev–Trinajstić information content (AvgIpc) is 3.72. The van der Waals surface area contributed by atoms with Gasteiger partial charge in [-0.15, -0.1) is 11.3 Å². The Kier molecular flexibility index (Phi) is 8.19. The maximum Gasteiger partial charge on any atom is 0.433 e. The Morgan fingerprint density at radius 2 is 1.84 bits per heavy atom. The number of allylic oxidation sites excluding steroid dienone is 1. The summed E-state index contributed by atoms with van der Waals surface area (Å²) in [6, 6.07) is 10.6. The summed E-state index contributed by atoms with van der Waals surface area (Å²) in [4.78, 5) is 57.3. The number of hydrogen-bond acceptors (Lipinski definition) is 9. The van der Waals surface area contributed by atoms with E-state index in [0.29, 0.717) is 0 Å². The molecule has 43 heavy (non-hydrogen) atoms. The fourth-order valence-corrected chi connectivity index (χ4v) is 5.67. The highest BCUT2D eigenvalue weighted by molar-refractivity contribution is 7.14. The van der Waals surface area contributed by atoms with Gasteiger partial charge in [0.25, 0.3) is 5.91 Å². The molecule has 2 aliphatic heterocycles. The summed E-state index contributed by atoms with van der Waals surface area (Å²) in [6.45, 7) is -0.904. The number of benzene rings is 2. The second kappa shape index (κ2) is 11.9. The Labute approximate surface area is 246 Å². The van der Waals surface area contributed by atoms with Crippen LogP contribution < -0.4 is 10.6 Å². The molecule has 11 nitrogen and oxygen atoms in total. The van der Waals surface area contributed by atoms with Gasteiger partial charge in [-0.2, -0.15) is 13.2 Å². The van der Waals surface area contributed by atoms with E-state index in [2.05, 4.69) is 20.4 Å². The summed E-state index contributed by atoms with van der Waals surface area (Å²) in [6.07, 6.45) is -5.43. The van der Waals surface area contributed by atoms with Gasteiger partial charge in [0.2, 0.25) is 12.6 Å². The number of methoxy groups -OCH3 is 1. The maximum absolute atomic E-state index is 14.0. The summed E-state index contributed by atoms with van der Waals surface area (Å²) < 4.78 is 56.7. The number of amides is 4. The molecule has 2 aliphatic rings. The van der Waals surface area contributed by atoms with Crippen molar-refractivity contribution in [3.8, 4) is 0 Å². The first-order valence-corrected chi connectivity index (χ1v) is 13.7. The number of thiazole rings is 1. The number of alkyl halides is 3. The number of quaternary nitrogens is 1. The molecule has 15 heteroatoms. The van der Waals surface area contributed by atoms with Crippen molar-refractivity contribution < 1.29 is 51.0 Å². The molecule has 224 valence electrons. The van der Waals surface area contributed by atoms with E-state index in [1.807, 2.05) is 0 Å². The lowest BCUT2D eigenvalue weighted by Crippen LogP contribution is -2.64. The van der Waals surface area contributed by atoms with E-state index in [1.54, 1.807) is 30.3 Å². The molecule has 4 amide bonds. The third-order valence-corrected chi connectivity index (χ3v) is 7.69. The predicted molar refractivity (Wildman–Crippen MR) is 144 cm³/mol. The predicted octanol–water partition coefficient (Wildman–Crippen LogP) is 3.98. The number of ether oxygens (including phenoxy) is 3. The summed E-state index contributed by atoms with van der Waals surface area (Å²) in [5.74, 6) is -2.87. The number of esters is 1. The molecule has 0 bridgehead atoms. The lowest BCUT2D eigenvalue weighted by Gasteiger charge is -2.33. The highest BCUT2D eigenvalue weighted by Crippen LogP contribution is 2.39. The fourth-order valence-electron chi connectivity index (χ4n) is 4.99. The molecule has 1 fully saturated rings. The number of urea groups is 1. The number of anilines is 1. The van der Waals surface area contributed by atoms with E-state index in [1.165, 1.54) is 23.6 Å². The molecular formula is C28H24F3N4O7S+. The van der Waals surface area contributed by atoms with E-state index >= 15 is 0 Å². The van der Waals surface area contributed by atoms with Gasteiger partial charge in [0, 0.05) is 18.2 Å². The van der Waals surface area contributed by atoms with Gasteiger partial charge in [-0.1, -0.05) is 53.0 Å². The molecule has 2 atom stereocenters. The standard InChI is InChI=1S/C28H23F3N4O7S/c1-40-25(38)19-14-43-26(33-19)34-23(37)20(12-17-9-5-6-10-18(17)28(29,30)31)35(22(36)13-32-27(35)39)24-21(41-15-42-24)11-16-7-3-2-4-8-16/h2-10,14,20H,11-13,15H2,1H3,(H-,32,33,34,37,39)/p+1/t20-,35?/m0/s1. The van der Waals surface area contributed by atoms with E-state index in [9.17, 15) is 32.3 Å². The van der Waals surface area contributed by atoms with Crippen LogP contribution in [0.2, 0.25) is 0 Å². The zero-order valence-corrected chi connectivity index (χ0v) is 23.3. The van der Waals surface area contributed by atoms with E-state index < -0.39 is 59.0 Å². The lowest BCUT2D eigenvalue weighted by molar-refractivity contribution is -0.763. The van der Waals surface area contributed by atoms with Gasteiger partial charge >= 0.3 is 30.0 Å². The van der Waals surface area contributed by atoms with Crippen LogP contribution in [-0.4, -0.2) is 59.8 Å². The van der Waals surface area contributed by atoms with Gasteiger partial charge in [-0.25, -0.2) is 19.4 Å². The maximum atomic E-state index is 14.0. The average molecular weight is 618 g/mol. The van der Waals surface area contributed by atoms with Crippen molar-refractivity contribution in [3.05, 3.63) is 94.0 Å². The first kappa shape index (κ1) is 29.7. The third kappa shape index (κ3) is 5.68. The van der Waals surface area contributed by atoms with Gasteiger partial charge in [-0.05, 0) is 17.2 Å². The number of carbonyl (C=O) groups excluding carboxylic acids is 4. The summed E-state index contributed by atoms with van der Waals surface area (Å²) in [7, 11) is 1.14. The first-order valence-electron chi connectivity index (χ1n) is 12.8. The Hall–Kier alpha value is -4.76.